The Kier molecular flexibility index (Phi) is 3.18. The van der Waals surface area contributed by atoms with E-state index in [4.69, 9.17) is 4.74 Å². The summed E-state index contributed by atoms with van der Waals surface area (Å²) >= 11 is 0. The SMILES string of the molecule is CC12CC=CC(B(O)O)=C1c1ccc(-c3ccccc3)cc1O2. The Hall–Kier alpha value is -2.30. The predicted octanol–water partition coefficient (Wildman–Crippen LogP) is 3.23. The van der Waals surface area contributed by atoms with Gasteiger partial charge in [0.1, 0.15) is 11.4 Å². The first kappa shape index (κ1) is 14.3. The van der Waals surface area contributed by atoms with Crippen molar-refractivity contribution in [2.45, 2.75) is 18.9 Å². The molecule has 2 N–H and O–H groups in total. The van der Waals surface area contributed by atoms with Gasteiger partial charge < -0.3 is 14.8 Å². The van der Waals surface area contributed by atoms with Crippen molar-refractivity contribution < 1.29 is 14.8 Å². The Bertz CT molecular complexity index is 824. The number of hydrogen-bond acceptors (Lipinski definition) is 3. The molecule has 0 aromatic heterocycles. The molecule has 1 atom stereocenters. The van der Waals surface area contributed by atoms with Crippen molar-refractivity contribution in [1.29, 1.82) is 0 Å². The molecule has 0 bridgehead atoms. The van der Waals surface area contributed by atoms with Crippen LogP contribution in [0.25, 0.3) is 16.7 Å². The average Bonchev–Trinajstić information content (AvgIpc) is 2.86. The zero-order valence-electron chi connectivity index (χ0n) is 12.9. The molecule has 3 nitrogen and oxygen atoms in total. The Morgan fingerprint density at radius 3 is 2.57 bits per heavy atom. The van der Waals surface area contributed by atoms with Gasteiger partial charge in [0.15, 0.2) is 0 Å². The van der Waals surface area contributed by atoms with Gasteiger partial charge in [-0.2, -0.15) is 0 Å². The van der Waals surface area contributed by atoms with Crippen molar-refractivity contribution in [2.24, 2.45) is 0 Å². The van der Waals surface area contributed by atoms with Crippen LogP contribution in [0.4, 0.5) is 0 Å². The molecule has 0 saturated heterocycles. The van der Waals surface area contributed by atoms with E-state index in [2.05, 4.69) is 18.2 Å². The molecule has 1 aliphatic heterocycles. The van der Waals surface area contributed by atoms with Gasteiger partial charge in [0.25, 0.3) is 0 Å². The van der Waals surface area contributed by atoms with Crippen LogP contribution in [0.2, 0.25) is 0 Å². The molecular weight excluding hydrogens is 287 g/mol. The number of hydrogen-bond donors (Lipinski definition) is 2. The van der Waals surface area contributed by atoms with Crippen LogP contribution in [0.15, 0.2) is 66.2 Å². The van der Waals surface area contributed by atoms with Gasteiger partial charge in [0.2, 0.25) is 0 Å². The summed E-state index contributed by atoms with van der Waals surface area (Å²) in [6.45, 7) is 2.00. The van der Waals surface area contributed by atoms with Crippen molar-refractivity contribution in [3.8, 4) is 16.9 Å². The fraction of sp³-hybridized carbons (Fsp3) is 0.158. The Morgan fingerprint density at radius 2 is 1.83 bits per heavy atom. The van der Waals surface area contributed by atoms with E-state index in [1.165, 1.54) is 0 Å². The molecule has 0 fully saturated rings. The number of fused-ring (bicyclic) bond motifs is 3. The van der Waals surface area contributed by atoms with Crippen LogP contribution < -0.4 is 4.74 Å². The van der Waals surface area contributed by atoms with Crippen LogP contribution in [0.1, 0.15) is 18.9 Å². The second kappa shape index (κ2) is 5.12. The topological polar surface area (TPSA) is 49.7 Å². The smallest absolute Gasteiger partial charge is 0.482 e. The standard InChI is InChI=1S/C19H17BO3/c1-19-11-5-8-16(20(21)22)18(19)15-10-9-14(12-17(15)23-19)13-6-3-2-4-7-13/h2-10,12,21-22H,11H2,1H3. The third-order valence-corrected chi connectivity index (χ3v) is 4.59. The molecule has 0 saturated carbocycles. The minimum atomic E-state index is -1.50. The molecule has 1 heterocycles. The van der Waals surface area contributed by atoms with E-state index in [0.29, 0.717) is 11.9 Å². The lowest BCUT2D eigenvalue weighted by atomic mass is 9.68. The van der Waals surface area contributed by atoms with Gasteiger partial charge in [0.05, 0.1) is 0 Å². The molecular formula is C19H17BO3. The Balaban J connectivity index is 1.87. The summed E-state index contributed by atoms with van der Waals surface area (Å²) in [7, 11) is -1.50. The van der Waals surface area contributed by atoms with Crippen molar-refractivity contribution in [3.63, 3.8) is 0 Å². The normalized spacial score (nSPS) is 21.7. The van der Waals surface area contributed by atoms with Gasteiger partial charge in [-0.05, 0) is 29.6 Å². The average molecular weight is 304 g/mol. The maximum absolute atomic E-state index is 9.69. The second-order valence-corrected chi connectivity index (χ2v) is 6.22. The zero-order valence-corrected chi connectivity index (χ0v) is 12.9. The molecule has 1 unspecified atom stereocenters. The van der Waals surface area contributed by atoms with Crippen molar-refractivity contribution >= 4 is 12.7 Å². The monoisotopic (exact) mass is 304 g/mol. The lowest BCUT2D eigenvalue weighted by molar-refractivity contribution is 0.169. The van der Waals surface area contributed by atoms with Crippen LogP contribution in [0, 0.1) is 0 Å². The van der Waals surface area contributed by atoms with E-state index in [0.717, 1.165) is 28.0 Å². The van der Waals surface area contributed by atoms with Crippen LogP contribution in [0.5, 0.6) is 5.75 Å². The van der Waals surface area contributed by atoms with E-state index >= 15 is 0 Å². The second-order valence-electron chi connectivity index (χ2n) is 6.22. The van der Waals surface area contributed by atoms with Crippen molar-refractivity contribution in [2.75, 3.05) is 0 Å². The summed E-state index contributed by atoms with van der Waals surface area (Å²) in [5.41, 5.74) is 4.03. The minimum Gasteiger partial charge on any atom is -0.482 e. The lowest BCUT2D eigenvalue weighted by Gasteiger charge is -2.29. The van der Waals surface area contributed by atoms with E-state index < -0.39 is 12.7 Å². The summed E-state index contributed by atoms with van der Waals surface area (Å²) in [6, 6.07) is 16.2. The minimum absolute atomic E-state index is 0.518. The third-order valence-electron chi connectivity index (χ3n) is 4.59. The highest BCUT2D eigenvalue weighted by molar-refractivity contribution is 6.54. The molecule has 0 amide bonds. The highest BCUT2D eigenvalue weighted by Crippen LogP contribution is 2.50. The van der Waals surface area contributed by atoms with Crippen molar-refractivity contribution in [1.82, 2.24) is 0 Å². The molecule has 2 aromatic carbocycles. The van der Waals surface area contributed by atoms with Gasteiger partial charge in [-0.3, -0.25) is 0 Å². The summed E-state index contributed by atoms with van der Waals surface area (Å²) in [5.74, 6) is 0.797. The highest BCUT2D eigenvalue weighted by atomic mass is 16.5. The summed E-state index contributed by atoms with van der Waals surface area (Å²) in [4.78, 5) is 0. The fourth-order valence-corrected chi connectivity index (χ4v) is 3.52. The Labute approximate surface area is 135 Å². The van der Waals surface area contributed by atoms with Crippen LogP contribution >= 0.6 is 0 Å². The number of rotatable bonds is 2. The van der Waals surface area contributed by atoms with Gasteiger partial charge in [-0.1, -0.05) is 54.6 Å². The maximum Gasteiger partial charge on any atom is 0.488 e. The maximum atomic E-state index is 9.69. The number of ether oxygens (including phenoxy) is 1. The molecule has 1 aliphatic carbocycles. The molecule has 4 heteroatoms. The van der Waals surface area contributed by atoms with E-state index in [-0.39, 0.29) is 0 Å². The van der Waals surface area contributed by atoms with Crippen molar-refractivity contribution in [3.05, 3.63) is 71.7 Å². The van der Waals surface area contributed by atoms with Gasteiger partial charge in [-0.25, -0.2) is 0 Å². The first-order valence-electron chi connectivity index (χ1n) is 7.75. The highest BCUT2D eigenvalue weighted by Gasteiger charge is 2.44. The predicted molar refractivity (Wildman–Crippen MR) is 91.8 cm³/mol. The largest absolute Gasteiger partial charge is 0.488 e. The van der Waals surface area contributed by atoms with Crippen LogP contribution in [0.3, 0.4) is 0 Å². The molecule has 0 radical (unpaired) electrons. The summed E-state index contributed by atoms with van der Waals surface area (Å²) in [6.07, 6.45) is 4.43. The number of benzene rings is 2. The first-order chi connectivity index (χ1) is 11.1. The van der Waals surface area contributed by atoms with Gasteiger partial charge in [-0.15, -0.1) is 0 Å². The molecule has 0 spiro atoms. The molecule has 2 aliphatic rings. The lowest BCUT2D eigenvalue weighted by Crippen LogP contribution is -2.33. The quantitative estimate of drug-likeness (QED) is 0.838. The van der Waals surface area contributed by atoms with Gasteiger partial charge >= 0.3 is 7.12 Å². The molecule has 4 rings (SSSR count). The van der Waals surface area contributed by atoms with E-state index in [1.54, 1.807) is 6.08 Å². The zero-order chi connectivity index (χ0) is 16.0. The number of allylic oxidation sites excluding steroid dienone is 2. The molecule has 23 heavy (non-hydrogen) atoms. The molecule has 2 aromatic rings. The fourth-order valence-electron chi connectivity index (χ4n) is 3.52. The first-order valence-corrected chi connectivity index (χ1v) is 7.75. The molecule has 114 valence electrons. The summed E-state index contributed by atoms with van der Waals surface area (Å²) < 4.78 is 6.21. The van der Waals surface area contributed by atoms with Gasteiger partial charge in [0, 0.05) is 17.6 Å². The summed E-state index contributed by atoms with van der Waals surface area (Å²) in [5, 5.41) is 19.4. The van der Waals surface area contributed by atoms with Crippen LogP contribution in [-0.2, 0) is 0 Å². The van der Waals surface area contributed by atoms with Crippen LogP contribution in [-0.4, -0.2) is 22.8 Å². The Morgan fingerprint density at radius 1 is 1.04 bits per heavy atom. The third kappa shape index (κ3) is 2.22. The van der Waals surface area contributed by atoms with E-state index in [9.17, 15) is 10.0 Å². The van der Waals surface area contributed by atoms with E-state index in [1.807, 2.05) is 43.3 Å².